The Morgan fingerprint density at radius 2 is 2.06 bits per heavy atom. The smallest absolute Gasteiger partial charge is 0.191 e. The number of carbonyl (C=O) groups is 1. The first-order valence-corrected chi connectivity index (χ1v) is 6.81. The molecular formula is C16H22O2. The molecule has 0 spiro atoms. The van der Waals surface area contributed by atoms with Crippen LogP contribution >= 0.6 is 0 Å². The third-order valence-electron chi connectivity index (χ3n) is 3.75. The number of hydrogen-bond acceptors (Lipinski definition) is 2. The van der Waals surface area contributed by atoms with Crippen molar-refractivity contribution in [3.05, 3.63) is 34.9 Å². The van der Waals surface area contributed by atoms with Crippen molar-refractivity contribution in [1.82, 2.24) is 0 Å². The van der Waals surface area contributed by atoms with Gasteiger partial charge in [0, 0.05) is 12.2 Å². The number of ketones is 1. The third-order valence-corrected chi connectivity index (χ3v) is 3.75. The van der Waals surface area contributed by atoms with Gasteiger partial charge in [0.1, 0.15) is 6.10 Å². The highest BCUT2D eigenvalue weighted by atomic mass is 16.5. The van der Waals surface area contributed by atoms with Crippen LogP contribution in [0.1, 0.15) is 47.7 Å². The van der Waals surface area contributed by atoms with Gasteiger partial charge < -0.3 is 4.74 Å². The van der Waals surface area contributed by atoms with E-state index in [-0.39, 0.29) is 11.9 Å². The fourth-order valence-electron chi connectivity index (χ4n) is 2.02. The molecule has 0 amide bonds. The molecule has 0 aliphatic heterocycles. The van der Waals surface area contributed by atoms with Crippen molar-refractivity contribution >= 4 is 5.78 Å². The standard InChI is InChI=1S/C16H22O2/c1-11-4-7-15(10-12(11)2)16(17)13(3)18-9-8-14-5-6-14/h4,7,10,13-14H,5-6,8-9H2,1-3H3. The zero-order chi connectivity index (χ0) is 13.1. The lowest BCUT2D eigenvalue weighted by Crippen LogP contribution is -2.21. The Morgan fingerprint density at radius 1 is 1.33 bits per heavy atom. The molecule has 1 fully saturated rings. The van der Waals surface area contributed by atoms with E-state index in [1.54, 1.807) is 0 Å². The number of ether oxygens (including phenoxy) is 1. The average molecular weight is 246 g/mol. The molecule has 0 N–H and O–H groups in total. The molecule has 1 aromatic carbocycles. The number of Topliss-reactive ketones (excluding diaryl/α,β-unsaturated/α-hetero) is 1. The summed E-state index contributed by atoms with van der Waals surface area (Å²) in [5.41, 5.74) is 3.14. The summed E-state index contributed by atoms with van der Waals surface area (Å²) in [5.74, 6) is 0.947. The molecule has 1 atom stereocenters. The van der Waals surface area contributed by atoms with Crippen molar-refractivity contribution in [2.24, 2.45) is 5.92 Å². The summed E-state index contributed by atoms with van der Waals surface area (Å²) in [6, 6.07) is 5.85. The summed E-state index contributed by atoms with van der Waals surface area (Å²) in [7, 11) is 0. The zero-order valence-corrected chi connectivity index (χ0v) is 11.5. The number of benzene rings is 1. The molecule has 0 saturated heterocycles. The average Bonchev–Trinajstić information content (AvgIpc) is 3.15. The molecular weight excluding hydrogens is 224 g/mol. The van der Waals surface area contributed by atoms with Crippen molar-refractivity contribution in [2.45, 2.75) is 46.1 Å². The Hall–Kier alpha value is -1.15. The van der Waals surface area contributed by atoms with Crippen LogP contribution < -0.4 is 0 Å². The second-order valence-corrected chi connectivity index (χ2v) is 5.41. The SMILES string of the molecule is Cc1ccc(C(=O)C(C)OCCC2CC2)cc1C. The minimum atomic E-state index is -0.328. The monoisotopic (exact) mass is 246 g/mol. The second kappa shape index (κ2) is 5.66. The third kappa shape index (κ3) is 3.42. The van der Waals surface area contributed by atoms with Crippen LogP contribution in [0.5, 0.6) is 0 Å². The molecule has 0 radical (unpaired) electrons. The Balaban J connectivity index is 1.89. The van der Waals surface area contributed by atoms with Gasteiger partial charge in [-0.3, -0.25) is 4.79 Å². The molecule has 0 bridgehead atoms. The molecule has 1 unspecified atom stereocenters. The maximum absolute atomic E-state index is 12.2. The van der Waals surface area contributed by atoms with Crippen LogP contribution in [0.25, 0.3) is 0 Å². The van der Waals surface area contributed by atoms with Crippen molar-refractivity contribution < 1.29 is 9.53 Å². The largest absolute Gasteiger partial charge is 0.370 e. The van der Waals surface area contributed by atoms with E-state index in [4.69, 9.17) is 4.74 Å². The van der Waals surface area contributed by atoms with Gasteiger partial charge >= 0.3 is 0 Å². The van der Waals surface area contributed by atoms with Crippen LogP contribution in [-0.4, -0.2) is 18.5 Å². The molecule has 1 aliphatic carbocycles. The van der Waals surface area contributed by atoms with Crippen molar-refractivity contribution in [1.29, 1.82) is 0 Å². The highest BCUT2D eigenvalue weighted by Gasteiger charge is 2.22. The molecule has 18 heavy (non-hydrogen) atoms. The first-order valence-electron chi connectivity index (χ1n) is 6.81. The summed E-state index contributed by atoms with van der Waals surface area (Å²) < 4.78 is 5.63. The van der Waals surface area contributed by atoms with Crippen LogP contribution in [0.4, 0.5) is 0 Å². The molecule has 2 rings (SSSR count). The van der Waals surface area contributed by atoms with Crippen LogP contribution in [0.15, 0.2) is 18.2 Å². The Morgan fingerprint density at radius 3 is 2.67 bits per heavy atom. The van der Waals surface area contributed by atoms with Gasteiger partial charge in [0.25, 0.3) is 0 Å². The molecule has 1 aromatic rings. The quantitative estimate of drug-likeness (QED) is 0.715. The van der Waals surface area contributed by atoms with E-state index in [1.807, 2.05) is 32.0 Å². The molecule has 98 valence electrons. The van der Waals surface area contributed by atoms with Gasteiger partial charge in [0.05, 0.1) is 0 Å². The molecule has 1 saturated carbocycles. The van der Waals surface area contributed by atoms with Crippen LogP contribution in [0, 0.1) is 19.8 Å². The summed E-state index contributed by atoms with van der Waals surface area (Å²) >= 11 is 0. The Bertz CT molecular complexity index is 433. The van der Waals surface area contributed by atoms with Gasteiger partial charge in [0.2, 0.25) is 0 Å². The molecule has 2 heteroatoms. The molecule has 1 aliphatic rings. The number of rotatable bonds is 6. The predicted octanol–water partition coefficient (Wildman–Crippen LogP) is 3.69. The van der Waals surface area contributed by atoms with E-state index in [0.29, 0.717) is 6.61 Å². The number of carbonyl (C=O) groups excluding carboxylic acids is 1. The van der Waals surface area contributed by atoms with Gasteiger partial charge in [-0.2, -0.15) is 0 Å². The highest BCUT2D eigenvalue weighted by Crippen LogP contribution is 2.32. The first kappa shape index (κ1) is 13.3. The van der Waals surface area contributed by atoms with Gasteiger partial charge in [-0.15, -0.1) is 0 Å². The summed E-state index contributed by atoms with van der Waals surface area (Å²) in [6.45, 7) is 6.65. The number of hydrogen-bond donors (Lipinski definition) is 0. The van der Waals surface area contributed by atoms with E-state index >= 15 is 0 Å². The Kier molecular flexibility index (Phi) is 4.18. The van der Waals surface area contributed by atoms with Crippen molar-refractivity contribution in [3.63, 3.8) is 0 Å². The van der Waals surface area contributed by atoms with E-state index in [0.717, 1.165) is 23.5 Å². The van der Waals surface area contributed by atoms with Crippen LogP contribution in [0.2, 0.25) is 0 Å². The van der Waals surface area contributed by atoms with Crippen molar-refractivity contribution in [2.75, 3.05) is 6.61 Å². The molecule has 2 nitrogen and oxygen atoms in total. The lowest BCUT2D eigenvalue weighted by Gasteiger charge is -2.12. The topological polar surface area (TPSA) is 26.3 Å². The van der Waals surface area contributed by atoms with Gasteiger partial charge in [-0.1, -0.05) is 25.0 Å². The maximum Gasteiger partial charge on any atom is 0.191 e. The Labute approximate surface area is 109 Å². The highest BCUT2D eigenvalue weighted by molar-refractivity contribution is 5.99. The van der Waals surface area contributed by atoms with Gasteiger partial charge in [-0.25, -0.2) is 0 Å². The lowest BCUT2D eigenvalue weighted by molar-refractivity contribution is 0.0457. The summed E-state index contributed by atoms with van der Waals surface area (Å²) in [6.07, 6.45) is 3.45. The fraction of sp³-hybridized carbons (Fsp3) is 0.562. The second-order valence-electron chi connectivity index (χ2n) is 5.41. The van der Waals surface area contributed by atoms with E-state index in [9.17, 15) is 4.79 Å². The van der Waals surface area contributed by atoms with Crippen LogP contribution in [-0.2, 0) is 4.74 Å². The lowest BCUT2D eigenvalue weighted by atomic mass is 10.0. The summed E-state index contributed by atoms with van der Waals surface area (Å²) in [4.78, 5) is 12.2. The van der Waals surface area contributed by atoms with Gasteiger partial charge in [-0.05, 0) is 50.3 Å². The minimum absolute atomic E-state index is 0.0916. The molecule has 0 aromatic heterocycles. The minimum Gasteiger partial charge on any atom is -0.370 e. The normalized spacial score (nSPS) is 16.6. The number of aryl methyl sites for hydroxylation is 2. The van der Waals surface area contributed by atoms with Crippen molar-refractivity contribution in [3.8, 4) is 0 Å². The van der Waals surface area contributed by atoms with E-state index < -0.39 is 0 Å². The predicted molar refractivity (Wildman–Crippen MR) is 73.0 cm³/mol. The van der Waals surface area contributed by atoms with Crippen LogP contribution in [0.3, 0.4) is 0 Å². The molecule has 0 heterocycles. The fourth-order valence-corrected chi connectivity index (χ4v) is 2.02. The van der Waals surface area contributed by atoms with E-state index in [2.05, 4.69) is 6.92 Å². The summed E-state index contributed by atoms with van der Waals surface area (Å²) in [5, 5.41) is 0. The maximum atomic E-state index is 12.2. The first-order chi connectivity index (χ1) is 8.58. The zero-order valence-electron chi connectivity index (χ0n) is 11.5. The van der Waals surface area contributed by atoms with Gasteiger partial charge in [0.15, 0.2) is 5.78 Å². The van der Waals surface area contributed by atoms with E-state index in [1.165, 1.54) is 18.4 Å².